The number of aromatic nitrogens is 1. The minimum absolute atomic E-state index is 0.208. The van der Waals surface area contributed by atoms with Crippen LogP contribution in [-0.2, 0) is 4.79 Å². The van der Waals surface area contributed by atoms with E-state index in [0.29, 0.717) is 6.42 Å². The highest BCUT2D eigenvalue weighted by Gasteiger charge is 2.11. The van der Waals surface area contributed by atoms with E-state index in [1.54, 1.807) is 6.92 Å². The van der Waals surface area contributed by atoms with E-state index >= 15 is 0 Å². The van der Waals surface area contributed by atoms with Crippen LogP contribution in [0, 0.1) is 11.6 Å². The van der Waals surface area contributed by atoms with Gasteiger partial charge in [0.05, 0.1) is 5.69 Å². The van der Waals surface area contributed by atoms with Crippen LogP contribution in [0.2, 0.25) is 0 Å². The lowest BCUT2D eigenvalue weighted by Crippen LogP contribution is -2.10. The lowest BCUT2D eigenvalue weighted by atomic mass is 10.3. The Morgan fingerprint density at radius 1 is 1.33 bits per heavy atom. The summed E-state index contributed by atoms with van der Waals surface area (Å²) in [4.78, 5) is 15.2. The zero-order valence-corrected chi connectivity index (χ0v) is 11.2. The molecule has 0 atom stereocenters. The quantitative estimate of drug-likeness (QED) is 0.849. The molecule has 1 amide bonds. The maximum absolute atomic E-state index is 13.6. The van der Waals surface area contributed by atoms with Crippen molar-refractivity contribution in [3.05, 3.63) is 42.1 Å². The van der Waals surface area contributed by atoms with E-state index in [2.05, 4.69) is 10.3 Å². The molecule has 2 aromatic rings. The Kier molecular flexibility index (Phi) is 4.32. The summed E-state index contributed by atoms with van der Waals surface area (Å²) in [5, 5.41) is 2.54. The van der Waals surface area contributed by atoms with Crippen LogP contribution < -0.4 is 15.8 Å². The van der Waals surface area contributed by atoms with Crippen LogP contribution in [0.3, 0.4) is 0 Å². The van der Waals surface area contributed by atoms with Crippen molar-refractivity contribution in [2.24, 2.45) is 0 Å². The van der Waals surface area contributed by atoms with E-state index in [9.17, 15) is 13.6 Å². The van der Waals surface area contributed by atoms with Gasteiger partial charge in [0, 0.05) is 30.8 Å². The Hall–Kier alpha value is -2.70. The Morgan fingerprint density at radius 2 is 2.10 bits per heavy atom. The Labute approximate surface area is 119 Å². The van der Waals surface area contributed by atoms with Gasteiger partial charge < -0.3 is 15.8 Å². The molecule has 2 rings (SSSR count). The maximum atomic E-state index is 13.6. The molecule has 1 aromatic carbocycles. The number of amides is 1. The summed E-state index contributed by atoms with van der Waals surface area (Å²) < 4.78 is 32.2. The first-order valence-corrected chi connectivity index (χ1v) is 6.18. The number of anilines is 2. The Morgan fingerprint density at radius 3 is 2.81 bits per heavy atom. The molecule has 3 N–H and O–H groups in total. The Balaban J connectivity index is 2.22. The van der Waals surface area contributed by atoms with Crippen LogP contribution in [0.15, 0.2) is 30.5 Å². The monoisotopic (exact) mass is 293 g/mol. The van der Waals surface area contributed by atoms with Crippen molar-refractivity contribution in [1.29, 1.82) is 0 Å². The number of pyridine rings is 1. The van der Waals surface area contributed by atoms with E-state index in [-0.39, 0.29) is 28.9 Å². The van der Waals surface area contributed by atoms with Gasteiger partial charge >= 0.3 is 0 Å². The van der Waals surface area contributed by atoms with Crippen LogP contribution in [0.5, 0.6) is 11.5 Å². The van der Waals surface area contributed by atoms with Crippen molar-refractivity contribution in [2.45, 2.75) is 13.3 Å². The molecule has 21 heavy (non-hydrogen) atoms. The molecule has 7 heteroatoms. The summed E-state index contributed by atoms with van der Waals surface area (Å²) in [6, 6.07) is 4.55. The number of nitrogens with two attached hydrogens (primary N) is 1. The molecule has 1 heterocycles. The second-order valence-corrected chi connectivity index (χ2v) is 4.18. The number of ether oxygens (including phenoxy) is 1. The highest BCUT2D eigenvalue weighted by molar-refractivity contribution is 5.89. The average Bonchev–Trinajstić information content (AvgIpc) is 2.45. The summed E-state index contributed by atoms with van der Waals surface area (Å²) in [7, 11) is 0. The van der Waals surface area contributed by atoms with Gasteiger partial charge in [-0.05, 0) is 6.07 Å². The minimum atomic E-state index is -0.787. The molecule has 0 unspecified atom stereocenters. The highest BCUT2D eigenvalue weighted by Crippen LogP contribution is 2.28. The van der Waals surface area contributed by atoms with Gasteiger partial charge in [-0.1, -0.05) is 6.92 Å². The number of halogens is 2. The van der Waals surface area contributed by atoms with Crippen LogP contribution in [-0.4, -0.2) is 10.9 Å². The molecule has 0 aliphatic rings. The number of benzene rings is 1. The Bertz CT molecular complexity index is 677. The number of nitrogen functional groups attached to an aromatic ring is 1. The van der Waals surface area contributed by atoms with Gasteiger partial charge in [0.25, 0.3) is 0 Å². The second kappa shape index (κ2) is 6.17. The summed E-state index contributed by atoms with van der Waals surface area (Å²) in [5.74, 6) is -1.62. The van der Waals surface area contributed by atoms with Gasteiger partial charge in [0.1, 0.15) is 17.4 Å². The van der Waals surface area contributed by atoms with Gasteiger partial charge in [-0.2, -0.15) is 0 Å². The number of rotatable bonds is 4. The molecule has 0 bridgehead atoms. The van der Waals surface area contributed by atoms with E-state index in [1.807, 2.05) is 0 Å². The van der Waals surface area contributed by atoms with Crippen LogP contribution in [0.25, 0.3) is 0 Å². The van der Waals surface area contributed by atoms with E-state index in [4.69, 9.17) is 10.5 Å². The van der Waals surface area contributed by atoms with Gasteiger partial charge in [0.15, 0.2) is 11.6 Å². The van der Waals surface area contributed by atoms with Crippen molar-refractivity contribution >= 4 is 17.4 Å². The molecule has 0 spiro atoms. The fraction of sp³-hybridized carbons (Fsp3) is 0.143. The first-order valence-electron chi connectivity index (χ1n) is 6.18. The van der Waals surface area contributed by atoms with Crippen molar-refractivity contribution in [3.63, 3.8) is 0 Å². The third-order valence-electron chi connectivity index (χ3n) is 2.60. The second-order valence-electron chi connectivity index (χ2n) is 4.18. The number of nitrogens with zero attached hydrogens (tertiary/aromatic N) is 1. The maximum Gasteiger partial charge on any atom is 0.225 e. The topological polar surface area (TPSA) is 77.2 Å². The van der Waals surface area contributed by atoms with Gasteiger partial charge in [0.2, 0.25) is 5.91 Å². The van der Waals surface area contributed by atoms with Gasteiger partial charge in [-0.15, -0.1) is 0 Å². The zero-order chi connectivity index (χ0) is 15.4. The number of carbonyl (C=O) groups excluding carboxylic acids is 1. The standard InChI is InChI=1S/C14H13F2N3O2/c1-2-14(20)19-13-5-8(3-4-18-13)21-12-7-9(15)11(17)6-10(12)16/h3-7H,2,17H2,1H3,(H,18,19,20). The predicted octanol–water partition coefficient (Wildman–Crippen LogP) is 3.08. The first-order chi connectivity index (χ1) is 9.99. The van der Waals surface area contributed by atoms with E-state index in [0.717, 1.165) is 12.1 Å². The number of hydrogen-bond donors (Lipinski definition) is 2. The highest BCUT2D eigenvalue weighted by atomic mass is 19.1. The molecule has 1 aromatic heterocycles. The number of hydrogen-bond acceptors (Lipinski definition) is 4. The SMILES string of the molecule is CCC(=O)Nc1cc(Oc2cc(F)c(N)cc2F)ccn1. The van der Waals surface area contributed by atoms with Crippen LogP contribution in [0.4, 0.5) is 20.3 Å². The van der Waals surface area contributed by atoms with Crippen molar-refractivity contribution in [3.8, 4) is 11.5 Å². The molecule has 0 aliphatic carbocycles. The summed E-state index contributed by atoms with van der Waals surface area (Å²) in [6.07, 6.45) is 1.68. The zero-order valence-electron chi connectivity index (χ0n) is 11.2. The smallest absolute Gasteiger partial charge is 0.225 e. The lowest BCUT2D eigenvalue weighted by Gasteiger charge is -2.09. The normalized spacial score (nSPS) is 10.2. The molecule has 0 saturated heterocycles. The molecule has 5 nitrogen and oxygen atoms in total. The van der Waals surface area contributed by atoms with Crippen molar-refractivity contribution in [2.75, 3.05) is 11.1 Å². The van der Waals surface area contributed by atoms with Crippen LogP contribution in [0.1, 0.15) is 13.3 Å². The first kappa shape index (κ1) is 14.7. The lowest BCUT2D eigenvalue weighted by molar-refractivity contribution is -0.115. The molecular formula is C14H13F2N3O2. The largest absolute Gasteiger partial charge is 0.454 e. The van der Waals surface area contributed by atoms with Crippen molar-refractivity contribution in [1.82, 2.24) is 4.98 Å². The number of carbonyl (C=O) groups is 1. The van der Waals surface area contributed by atoms with Crippen molar-refractivity contribution < 1.29 is 18.3 Å². The number of nitrogens with one attached hydrogen (secondary N) is 1. The van der Waals surface area contributed by atoms with Crippen LogP contribution >= 0.6 is 0 Å². The fourth-order valence-electron chi connectivity index (χ4n) is 1.52. The van der Waals surface area contributed by atoms with Gasteiger partial charge in [-0.25, -0.2) is 13.8 Å². The van der Waals surface area contributed by atoms with E-state index in [1.165, 1.54) is 18.3 Å². The third kappa shape index (κ3) is 3.65. The molecule has 0 radical (unpaired) electrons. The summed E-state index contributed by atoms with van der Waals surface area (Å²) in [5.41, 5.74) is 4.95. The average molecular weight is 293 g/mol. The minimum Gasteiger partial charge on any atom is -0.454 e. The predicted molar refractivity (Wildman–Crippen MR) is 74.0 cm³/mol. The van der Waals surface area contributed by atoms with Gasteiger partial charge in [-0.3, -0.25) is 4.79 Å². The summed E-state index contributed by atoms with van der Waals surface area (Å²) >= 11 is 0. The third-order valence-corrected chi connectivity index (χ3v) is 2.60. The molecule has 0 aliphatic heterocycles. The molecule has 0 saturated carbocycles. The molecular weight excluding hydrogens is 280 g/mol. The molecule has 0 fully saturated rings. The molecule has 110 valence electrons. The summed E-state index contributed by atoms with van der Waals surface area (Å²) in [6.45, 7) is 1.70. The van der Waals surface area contributed by atoms with E-state index < -0.39 is 11.6 Å². The fourth-order valence-corrected chi connectivity index (χ4v) is 1.52.